The Kier molecular flexibility index (Phi) is 55.3. The molecule has 0 radical (unpaired) electrons. The second-order valence-corrected chi connectivity index (χ2v) is 19.5. The van der Waals surface area contributed by atoms with Crippen LogP contribution < -0.4 is 0 Å². The maximum atomic E-state index is 12.8. The Morgan fingerprint density at radius 3 is 0.943 bits per heavy atom. The topological polar surface area (TPSA) is 78.9 Å². The zero-order chi connectivity index (χ0) is 50.7. The molecule has 0 aliphatic rings. The Morgan fingerprint density at radius 2 is 0.586 bits per heavy atom. The van der Waals surface area contributed by atoms with Crippen molar-refractivity contribution in [1.29, 1.82) is 0 Å². The average Bonchev–Trinajstić information content (AvgIpc) is 3.36. The molecule has 0 saturated carbocycles. The fourth-order valence-electron chi connectivity index (χ4n) is 8.21. The summed E-state index contributed by atoms with van der Waals surface area (Å²) in [5.74, 6) is -0.886. The maximum Gasteiger partial charge on any atom is 0.306 e. The normalized spacial score (nSPS) is 12.7. The summed E-state index contributed by atoms with van der Waals surface area (Å²) in [6.45, 7) is 6.47. The highest BCUT2D eigenvalue weighted by Crippen LogP contribution is 2.16. The van der Waals surface area contributed by atoms with Crippen LogP contribution in [0.5, 0.6) is 0 Å². The van der Waals surface area contributed by atoms with Gasteiger partial charge < -0.3 is 14.2 Å². The summed E-state index contributed by atoms with van der Waals surface area (Å²) in [4.78, 5) is 38.0. The zero-order valence-corrected chi connectivity index (χ0v) is 46.0. The SMILES string of the molecule is CC/C=C\C/C=C\C/C=C\C/C=C\C/C=C\C/C=C\CCCCCCCCCCCCC(=O)OCC(COC(=O)CCCCCCC/C=C\CCC)OC(=O)CCCCCCCCCCCCCCC. The van der Waals surface area contributed by atoms with Gasteiger partial charge in [0.05, 0.1) is 0 Å². The van der Waals surface area contributed by atoms with E-state index in [-0.39, 0.29) is 31.1 Å². The third-order valence-corrected chi connectivity index (χ3v) is 12.6. The number of ether oxygens (including phenoxy) is 3. The highest BCUT2D eigenvalue weighted by molar-refractivity contribution is 5.71. The van der Waals surface area contributed by atoms with E-state index in [1.54, 1.807) is 0 Å². The Hall–Kier alpha value is -3.41. The van der Waals surface area contributed by atoms with Gasteiger partial charge in [-0.25, -0.2) is 0 Å². The van der Waals surface area contributed by atoms with Crippen LogP contribution in [0.3, 0.4) is 0 Å². The van der Waals surface area contributed by atoms with Crippen LogP contribution in [0.2, 0.25) is 0 Å². The molecule has 402 valence electrons. The molecule has 0 aliphatic heterocycles. The predicted molar refractivity (Wildman–Crippen MR) is 302 cm³/mol. The van der Waals surface area contributed by atoms with Gasteiger partial charge in [-0.2, -0.15) is 0 Å². The molecule has 0 amide bonds. The fraction of sp³-hybridized carbons (Fsp3) is 0.734. The van der Waals surface area contributed by atoms with Crippen molar-refractivity contribution in [3.8, 4) is 0 Å². The molecule has 0 heterocycles. The maximum absolute atomic E-state index is 12.8. The van der Waals surface area contributed by atoms with Crippen LogP contribution >= 0.6 is 0 Å². The summed E-state index contributed by atoms with van der Waals surface area (Å²) >= 11 is 0. The first-order valence-electron chi connectivity index (χ1n) is 29.6. The van der Waals surface area contributed by atoms with Gasteiger partial charge >= 0.3 is 17.9 Å². The van der Waals surface area contributed by atoms with Crippen molar-refractivity contribution in [2.75, 3.05) is 13.2 Å². The highest BCUT2D eigenvalue weighted by atomic mass is 16.6. The van der Waals surface area contributed by atoms with Gasteiger partial charge in [0.2, 0.25) is 0 Å². The van der Waals surface area contributed by atoms with Crippen LogP contribution in [0.1, 0.15) is 284 Å². The number of esters is 3. The van der Waals surface area contributed by atoms with E-state index >= 15 is 0 Å². The molecule has 0 aromatic heterocycles. The summed E-state index contributed by atoms with van der Waals surface area (Å²) in [6, 6.07) is 0. The molecule has 0 spiro atoms. The van der Waals surface area contributed by atoms with Crippen LogP contribution in [-0.4, -0.2) is 37.2 Å². The first-order chi connectivity index (χ1) is 34.5. The van der Waals surface area contributed by atoms with Crippen molar-refractivity contribution >= 4 is 17.9 Å². The van der Waals surface area contributed by atoms with E-state index in [0.29, 0.717) is 19.3 Å². The van der Waals surface area contributed by atoms with E-state index in [9.17, 15) is 14.4 Å². The molecule has 0 aromatic rings. The molecule has 0 aromatic carbocycles. The van der Waals surface area contributed by atoms with Crippen LogP contribution in [-0.2, 0) is 28.6 Å². The lowest BCUT2D eigenvalue weighted by Crippen LogP contribution is -2.30. The second-order valence-electron chi connectivity index (χ2n) is 19.5. The number of carbonyl (C=O) groups is 3. The fourth-order valence-corrected chi connectivity index (χ4v) is 8.21. The third-order valence-electron chi connectivity index (χ3n) is 12.6. The van der Waals surface area contributed by atoms with Gasteiger partial charge in [0.1, 0.15) is 13.2 Å². The van der Waals surface area contributed by atoms with Crippen LogP contribution in [0, 0.1) is 0 Å². The standard InChI is InChI=1S/C64H110O6/c1-4-7-10-13-16-19-22-24-25-26-27-28-29-30-31-32-33-34-35-36-37-38-39-41-42-45-48-51-54-57-63(66)69-60-61(59-68-62(65)56-53-50-47-44-21-18-15-12-9-6-3)70-64(67)58-55-52-49-46-43-40-23-20-17-14-11-8-5-2/h7,10,12,15-16,19,24-25,27-28,30-31,33-34,61H,4-6,8-9,11,13-14,17-18,20-23,26,29,32,35-60H2,1-3H3/b10-7-,15-12-,19-16-,25-24-,28-27-,31-30-,34-33-. The predicted octanol–water partition coefficient (Wildman–Crippen LogP) is 19.9. The first kappa shape index (κ1) is 66.6. The molecular formula is C64H110O6. The minimum absolute atomic E-state index is 0.0788. The van der Waals surface area contributed by atoms with E-state index in [0.717, 1.165) is 109 Å². The summed E-state index contributed by atoms with van der Waals surface area (Å²) in [5.41, 5.74) is 0. The Labute approximate surface area is 433 Å². The van der Waals surface area contributed by atoms with Crippen LogP contribution in [0.15, 0.2) is 85.1 Å². The minimum Gasteiger partial charge on any atom is -0.462 e. The molecule has 0 bridgehead atoms. The molecule has 0 N–H and O–H groups in total. The van der Waals surface area contributed by atoms with E-state index < -0.39 is 6.10 Å². The Morgan fingerprint density at radius 1 is 0.300 bits per heavy atom. The largest absolute Gasteiger partial charge is 0.462 e. The Balaban J connectivity index is 4.19. The number of allylic oxidation sites excluding steroid dienone is 14. The van der Waals surface area contributed by atoms with Gasteiger partial charge in [-0.15, -0.1) is 0 Å². The molecule has 0 aliphatic carbocycles. The smallest absolute Gasteiger partial charge is 0.306 e. The summed E-state index contributed by atoms with van der Waals surface area (Å²) in [5, 5.41) is 0. The lowest BCUT2D eigenvalue weighted by molar-refractivity contribution is -0.167. The molecule has 0 saturated heterocycles. The van der Waals surface area contributed by atoms with Gasteiger partial charge in [-0.05, 0) is 89.9 Å². The lowest BCUT2D eigenvalue weighted by Gasteiger charge is -2.18. The van der Waals surface area contributed by atoms with E-state index in [2.05, 4.69) is 106 Å². The van der Waals surface area contributed by atoms with E-state index in [1.165, 1.54) is 135 Å². The molecule has 6 nitrogen and oxygen atoms in total. The quantitative estimate of drug-likeness (QED) is 0.0261. The third kappa shape index (κ3) is 55.5. The van der Waals surface area contributed by atoms with Crippen molar-refractivity contribution in [2.45, 2.75) is 290 Å². The van der Waals surface area contributed by atoms with Crippen LogP contribution in [0.4, 0.5) is 0 Å². The molecule has 1 unspecified atom stereocenters. The van der Waals surface area contributed by atoms with Crippen molar-refractivity contribution in [2.24, 2.45) is 0 Å². The first-order valence-corrected chi connectivity index (χ1v) is 29.6. The number of unbranched alkanes of at least 4 members (excludes halogenated alkanes) is 28. The van der Waals surface area contributed by atoms with Crippen molar-refractivity contribution in [3.63, 3.8) is 0 Å². The van der Waals surface area contributed by atoms with Gasteiger partial charge in [0.15, 0.2) is 6.10 Å². The van der Waals surface area contributed by atoms with Gasteiger partial charge in [0, 0.05) is 19.3 Å². The molecule has 1 atom stereocenters. The summed E-state index contributed by atoms with van der Waals surface area (Å²) in [7, 11) is 0. The number of hydrogen-bond donors (Lipinski definition) is 0. The monoisotopic (exact) mass is 975 g/mol. The zero-order valence-electron chi connectivity index (χ0n) is 46.0. The second kappa shape index (κ2) is 58.2. The minimum atomic E-state index is -0.778. The summed E-state index contributed by atoms with van der Waals surface area (Å²) in [6.07, 6.45) is 75.9. The number of carbonyl (C=O) groups excluding carboxylic acids is 3. The van der Waals surface area contributed by atoms with E-state index in [1.807, 2.05) is 0 Å². The number of hydrogen-bond acceptors (Lipinski definition) is 6. The average molecular weight is 976 g/mol. The molecule has 0 rings (SSSR count). The molecule has 0 fully saturated rings. The van der Waals surface area contributed by atoms with Gasteiger partial charge in [-0.3, -0.25) is 14.4 Å². The molecule has 70 heavy (non-hydrogen) atoms. The van der Waals surface area contributed by atoms with Gasteiger partial charge in [0.25, 0.3) is 0 Å². The van der Waals surface area contributed by atoms with Gasteiger partial charge in [-0.1, -0.05) is 260 Å². The van der Waals surface area contributed by atoms with Crippen molar-refractivity contribution in [3.05, 3.63) is 85.1 Å². The summed E-state index contributed by atoms with van der Waals surface area (Å²) < 4.78 is 16.8. The van der Waals surface area contributed by atoms with Crippen LogP contribution in [0.25, 0.3) is 0 Å². The van der Waals surface area contributed by atoms with Crippen molar-refractivity contribution < 1.29 is 28.6 Å². The molecular weight excluding hydrogens is 865 g/mol. The van der Waals surface area contributed by atoms with E-state index in [4.69, 9.17) is 14.2 Å². The lowest BCUT2D eigenvalue weighted by atomic mass is 10.0. The molecule has 6 heteroatoms. The number of rotatable bonds is 53. The van der Waals surface area contributed by atoms with Crippen molar-refractivity contribution in [1.82, 2.24) is 0 Å². The highest BCUT2D eigenvalue weighted by Gasteiger charge is 2.19. The Bertz CT molecular complexity index is 1350.